The Labute approximate surface area is 156 Å². The lowest BCUT2D eigenvalue weighted by molar-refractivity contribution is -0.146. The molecule has 0 fully saturated rings. The molecule has 0 saturated carbocycles. The Morgan fingerprint density at radius 2 is 1.96 bits per heavy atom. The highest BCUT2D eigenvalue weighted by Crippen LogP contribution is 2.33. The van der Waals surface area contributed by atoms with Gasteiger partial charge in [-0.25, -0.2) is 4.98 Å². The summed E-state index contributed by atoms with van der Waals surface area (Å²) in [5, 5.41) is 5.52. The third kappa shape index (κ3) is 2.91. The summed E-state index contributed by atoms with van der Waals surface area (Å²) >= 11 is 0. The van der Waals surface area contributed by atoms with E-state index in [1.165, 1.54) is 6.92 Å². The number of nitrogens with one attached hydrogen (secondary N) is 2. The van der Waals surface area contributed by atoms with Gasteiger partial charge in [0.2, 0.25) is 0 Å². The maximum absolute atomic E-state index is 12.7. The fourth-order valence-electron chi connectivity index (χ4n) is 3.19. The molecule has 0 bridgehead atoms. The fraction of sp³-hybridized carbons (Fsp3) is 0.250. The van der Waals surface area contributed by atoms with E-state index in [0.717, 1.165) is 16.9 Å². The molecule has 1 atom stereocenters. The fourth-order valence-corrected chi connectivity index (χ4v) is 3.19. The Hall–Kier alpha value is -3.35. The maximum Gasteiger partial charge on any atom is 0.278 e. The van der Waals surface area contributed by atoms with Crippen molar-refractivity contribution in [1.82, 2.24) is 14.9 Å². The number of fused-ring (bicyclic) bond motifs is 2. The molecule has 1 unspecified atom stereocenters. The predicted octanol–water partition coefficient (Wildman–Crippen LogP) is 2.02. The van der Waals surface area contributed by atoms with Crippen LogP contribution >= 0.6 is 0 Å². The monoisotopic (exact) mass is 364 g/mol. The molecule has 27 heavy (non-hydrogen) atoms. The lowest BCUT2D eigenvalue weighted by atomic mass is 10.0. The van der Waals surface area contributed by atoms with Gasteiger partial charge in [-0.2, -0.15) is 0 Å². The Bertz CT molecular complexity index is 1040. The van der Waals surface area contributed by atoms with E-state index in [-0.39, 0.29) is 0 Å². The van der Waals surface area contributed by atoms with Crippen LogP contribution in [0.25, 0.3) is 11.0 Å². The molecular weight excluding hydrogens is 344 g/mol. The number of para-hydroxylation sites is 4. The summed E-state index contributed by atoms with van der Waals surface area (Å²) in [5.74, 6) is 0.376. The van der Waals surface area contributed by atoms with Gasteiger partial charge in [0.1, 0.15) is 11.6 Å². The van der Waals surface area contributed by atoms with Gasteiger partial charge >= 0.3 is 0 Å². The number of ether oxygens (including phenoxy) is 1. The van der Waals surface area contributed by atoms with Gasteiger partial charge in [0, 0.05) is 20.0 Å². The minimum absolute atomic E-state index is 0.351. The Kier molecular flexibility index (Phi) is 4.07. The number of benzene rings is 2. The smallest absolute Gasteiger partial charge is 0.278 e. The van der Waals surface area contributed by atoms with Crippen molar-refractivity contribution < 1.29 is 14.3 Å². The molecular formula is C20H20N4O3. The van der Waals surface area contributed by atoms with Crippen LogP contribution in [0.3, 0.4) is 0 Å². The number of carbonyl (C=O) groups is 2. The second-order valence-corrected chi connectivity index (χ2v) is 6.67. The summed E-state index contributed by atoms with van der Waals surface area (Å²) in [6.07, 6.45) is 0.547. The highest BCUT2D eigenvalue weighted by atomic mass is 16.5. The number of anilines is 1. The van der Waals surface area contributed by atoms with Crippen molar-refractivity contribution >= 4 is 28.5 Å². The van der Waals surface area contributed by atoms with Gasteiger partial charge in [-0.3, -0.25) is 9.59 Å². The summed E-state index contributed by atoms with van der Waals surface area (Å²) < 4.78 is 7.73. The van der Waals surface area contributed by atoms with Crippen LogP contribution < -0.4 is 15.4 Å². The Morgan fingerprint density at radius 1 is 1.22 bits per heavy atom. The number of hydrogen-bond acceptors (Lipinski definition) is 4. The Morgan fingerprint density at radius 3 is 2.78 bits per heavy atom. The Balaban J connectivity index is 1.44. The average Bonchev–Trinajstić information content (AvgIpc) is 2.99. The van der Waals surface area contributed by atoms with E-state index < -0.39 is 17.4 Å². The van der Waals surface area contributed by atoms with Gasteiger partial charge in [0.15, 0.2) is 0 Å². The largest absolute Gasteiger partial charge is 0.466 e. The van der Waals surface area contributed by atoms with Gasteiger partial charge in [0.25, 0.3) is 17.4 Å². The summed E-state index contributed by atoms with van der Waals surface area (Å²) in [7, 11) is 1.95. The molecule has 3 aromatic rings. The second-order valence-electron chi connectivity index (χ2n) is 6.67. The molecule has 0 spiro atoms. The number of aryl methyl sites for hydroxylation is 1. The minimum Gasteiger partial charge on any atom is -0.466 e. The average molecular weight is 364 g/mol. The summed E-state index contributed by atoms with van der Waals surface area (Å²) in [4.78, 5) is 29.7. The molecule has 1 aliphatic heterocycles. The molecule has 1 aliphatic rings. The number of carbonyl (C=O) groups excluding carboxylic acids is 2. The number of imidazole rings is 1. The zero-order valence-corrected chi connectivity index (χ0v) is 15.2. The van der Waals surface area contributed by atoms with E-state index in [9.17, 15) is 9.59 Å². The van der Waals surface area contributed by atoms with Crippen LogP contribution in [0.1, 0.15) is 12.7 Å². The van der Waals surface area contributed by atoms with Gasteiger partial charge in [0.05, 0.1) is 16.7 Å². The van der Waals surface area contributed by atoms with Crippen LogP contribution in [0.2, 0.25) is 0 Å². The maximum atomic E-state index is 12.7. The predicted molar refractivity (Wildman–Crippen MR) is 102 cm³/mol. The molecule has 1 aromatic heterocycles. The molecule has 2 heterocycles. The van der Waals surface area contributed by atoms with Crippen LogP contribution in [0.15, 0.2) is 48.5 Å². The molecule has 0 aliphatic carbocycles. The minimum atomic E-state index is -1.61. The molecule has 2 aromatic carbocycles. The van der Waals surface area contributed by atoms with Gasteiger partial charge in [-0.1, -0.05) is 24.3 Å². The number of hydrogen-bond donors (Lipinski definition) is 2. The van der Waals surface area contributed by atoms with Crippen molar-refractivity contribution in [2.75, 3.05) is 11.9 Å². The zero-order valence-electron chi connectivity index (χ0n) is 15.2. The first-order valence-electron chi connectivity index (χ1n) is 8.77. The first-order chi connectivity index (χ1) is 13.0. The SMILES string of the molecule is Cn1c(CCNC(=O)C2(C)Oc3ccccc3NC2=O)nc2ccccc21. The number of rotatable bonds is 4. The van der Waals surface area contributed by atoms with E-state index in [4.69, 9.17) is 4.74 Å². The molecule has 7 heteroatoms. The molecule has 2 amide bonds. The third-order valence-corrected chi connectivity index (χ3v) is 4.83. The van der Waals surface area contributed by atoms with Gasteiger partial charge in [-0.05, 0) is 31.2 Å². The van der Waals surface area contributed by atoms with Crippen molar-refractivity contribution in [2.24, 2.45) is 7.05 Å². The molecule has 138 valence electrons. The molecule has 7 nitrogen and oxygen atoms in total. The number of nitrogens with zero attached hydrogens (tertiary/aromatic N) is 2. The van der Waals surface area contributed by atoms with Crippen LogP contribution in [0.4, 0.5) is 5.69 Å². The summed E-state index contributed by atoms with van der Waals surface area (Å²) in [6, 6.07) is 14.9. The zero-order chi connectivity index (χ0) is 19.0. The molecule has 4 rings (SSSR count). The first-order valence-corrected chi connectivity index (χ1v) is 8.77. The van der Waals surface area contributed by atoms with Crippen molar-refractivity contribution in [3.63, 3.8) is 0 Å². The summed E-state index contributed by atoms with van der Waals surface area (Å²) in [6.45, 7) is 1.83. The highest BCUT2D eigenvalue weighted by molar-refractivity contribution is 6.15. The van der Waals surface area contributed by atoms with Crippen molar-refractivity contribution in [1.29, 1.82) is 0 Å². The number of amides is 2. The van der Waals surface area contributed by atoms with E-state index in [1.54, 1.807) is 24.3 Å². The van der Waals surface area contributed by atoms with Crippen molar-refractivity contribution in [3.05, 3.63) is 54.4 Å². The number of aromatic nitrogens is 2. The van der Waals surface area contributed by atoms with E-state index in [1.807, 2.05) is 35.9 Å². The first kappa shape index (κ1) is 17.1. The lowest BCUT2D eigenvalue weighted by Crippen LogP contribution is -2.58. The molecule has 0 saturated heterocycles. The van der Waals surface area contributed by atoms with Crippen LogP contribution in [0.5, 0.6) is 5.75 Å². The van der Waals surface area contributed by atoms with E-state index in [2.05, 4.69) is 15.6 Å². The quantitative estimate of drug-likeness (QED) is 0.694. The van der Waals surface area contributed by atoms with Crippen LogP contribution in [0, 0.1) is 0 Å². The van der Waals surface area contributed by atoms with E-state index >= 15 is 0 Å². The second kappa shape index (κ2) is 6.42. The van der Waals surface area contributed by atoms with E-state index in [0.29, 0.717) is 24.4 Å². The summed E-state index contributed by atoms with van der Waals surface area (Å²) in [5.41, 5.74) is 0.908. The van der Waals surface area contributed by atoms with Crippen molar-refractivity contribution in [2.45, 2.75) is 18.9 Å². The van der Waals surface area contributed by atoms with Crippen LogP contribution in [-0.2, 0) is 23.1 Å². The van der Waals surface area contributed by atoms with Gasteiger partial charge in [-0.15, -0.1) is 0 Å². The van der Waals surface area contributed by atoms with Crippen LogP contribution in [-0.4, -0.2) is 33.5 Å². The third-order valence-electron chi connectivity index (χ3n) is 4.83. The lowest BCUT2D eigenvalue weighted by Gasteiger charge is -2.33. The molecule has 0 radical (unpaired) electrons. The van der Waals surface area contributed by atoms with Gasteiger partial charge < -0.3 is 19.9 Å². The highest BCUT2D eigenvalue weighted by Gasteiger charge is 2.47. The topological polar surface area (TPSA) is 85.3 Å². The van der Waals surface area contributed by atoms with Crippen molar-refractivity contribution in [3.8, 4) is 5.75 Å². The molecule has 2 N–H and O–H groups in total. The normalized spacial score (nSPS) is 18.5. The standard InChI is InChI=1S/C20H20N4O3/c1-20(19(26)23-14-8-4-6-10-16(14)27-20)18(25)21-12-11-17-22-13-7-3-5-9-15(13)24(17)2/h3-10H,11-12H2,1-2H3,(H,21,25)(H,23,26).